The highest BCUT2D eigenvalue weighted by Crippen LogP contribution is 2.24. The molecule has 1 aromatic heterocycles. The Labute approximate surface area is 116 Å². The number of hydrogen-bond donors (Lipinski definition) is 1. The van der Waals surface area contributed by atoms with Crippen molar-refractivity contribution in [3.63, 3.8) is 0 Å². The Kier molecular flexibility index (Phi) is 4.46. The molecule has 2 unspecified atom stereocenters. The molecular weight excluding hydrogens is 236 g/mol. The molecule has 0 amide bonds. The van der Waals surface area contributed by atoms with E-state index in [0.29, 0.717) is 12.0 Å². The van der Waals surface area contributed by atoms with Crippen LogP contribution < -0.4 is 5.32 Å². The summed E-state index contributed by atoms with van der Waals surface area (Å²) < 4.78 is 5.71. The van der Waals surface area contributed by atoms with Gasteiger partial charge in [-0.1, -0.05) is 33.8 Å². The van der Waals surface area contributed by atoms with Crippen LogP contribution in [0.25, 0.3) is 0 Å². The summed E-state index contributed by atoms with van der Waals surface area (Å²) in [6.07, 6.45) is 4.65. The van der Waals surface area contributed by atoms with Crippen molar-refractivity contribution in [3.8, 4) is 0 Å². The second-order valence-corrected chi connectivity index (χ2v) is 6.43. The minimum atomic E-state index is 0.165. The summed E-state index contributed by atoms with van der Waals surface area (Å²) in [5.74, 6) is 1.59. The van der Waals surface area contributed by atoms with Crippen molar-refractivity contribution in [3.05, 3.63) is 23.9 Å². The zero-order valence-corrected chi connectivity index (χ0v) is 12.6. The predicted molar refractivity (Wildman–Crippen MR) is 79.6 cm³/mol. The number of nitrogens with one attached hydrogen (secondary N) is 1. The van der Waals surface area contributed by atoms with E-state index in [9.17, 15) is 0 Å². The lowest BCUT2D eigenvalue weighted by Crippen LogP contribution is -2.23. The van der Waals surface area contributed by atoms with Gasteiger partial charge in [-0.3, -0.25) is 0 Å². The van der Waals surface area contributed by atoms with Gasteiger partial charge in [0.25, 0.3) is 0 Å². The molecule has 2 atom stereocenters. The summed E-state index contributed by atoms with van der Waals surface area (Å²) in [5, 5.41) is 3.44. The van der Waals surface area contributed by atoms with E-state index in [1.165, 1.54) is 5.56 Å². The molecule has 0 saturated carbocycles. The van der Waals surface area contributed by atoms with E-state index < -0.39 is 0 Å². The molecule has 1 N–H and O–H groups in total. The van der Waals surface area contributed by atoms with Gasteiger partial charge in [-0.25, -0.2) is 4.98 Å². The number of aromatic nitrogens is 1. The fourth-order valence-electron chi connectivity index (χ4n) is 2.56. The molecule has 0 spiro atoms. The van der Waals surface area contributed by atoms with Gasteiger partial charge >= 0.3 is 0 Å². The van der Waals surface area contributed by atoms with Gasteiger partial charge in [0.2, 0.25) is 0 Å². The predicted octanol–water partition coefficient (Wildman–Crippen LogP) is 3.61. The van der Waals surface area contributed by atoms with E-state index in [4.69, 9.17) is 4.74 Å². The van der Waals surface area contributed by atoms with Crippen LogP contribution in [0.15, 0.2) is 18.3 Å². The Morgan fingerprint density at radius 2 is 2.16 bits per heavy atom. The maximum Gasteiger partial charge on any atom is 0.125 e. The third-order valence-electron chi connectivity index (χ3n) is 3.92. The van der Waals surface area contributed by atoms with Crippen molar-refractivity contribution >= 4 is 5.82 Å². The molecule has 19 heavy (non-hydrogen) atoms. The fourth-order valence-corrected chi connectivity index (χ4v) is 2.56. The Hall–Kier alpha value is -1.09. The van der Waals surface area contributed by atoms with Crippen molar-refractivity contribution in [2.24, 2.45) is 5.92 Å². The molecule has 2 heterocycles. The van der Waals surface area contributed by atoms with E-state index in [0.717, 1.165) is 31.8 Å². The van der Waals surface area contributed by atoms with Crippen LogP contribution in [0.4, 0.5) is 5.82 Å². The fraction of sp³-hybridized carbons (Fsp3) is 0.688. The van der Waals surface area contributed by atoms with E-state index in [-0.39, 0.29) is 5.41 Å². The zero-order chi connectivity index (χ0) is 13.9. The average Bonchev–Trinajstić information content (AvgIpc) is 2.83. The van der Waals surface area contributed by atoms with Gasteiger partial charge in [-0.15, -0.1) is 0 Å². The van der Waals surface area contributed by atoms with Crippen LogP contribution in [0.5, 0.6) is 0 Å². The highest BCUT2D eigenvalue weighted by molar-refractivity contribution is 5.37. The lowest BCUT2D eigenvalue weighted by atomic mass is 9.88. The molecule has 1 fully saturated rings. The first-order chi connectivity index (χ1) is 9.00. The quantitative estimate of drug-likeness (QED) is 0.900. The molecule has 1 saturated heterocycles. The zero-order valence-electron chi connectivity index (χ0n) is 12.6. The molecule has 2 rings (SSSR count). The summed E-state index contributed by atoms with van der Waals surface area (Å²) in [6.45, 7) is 10.7. The monoisotopic (exact) mass is 262 g/mol. The number of anilines is 1. The van der Waals surface area contributed by atoms with Crippen LogP contribution >= 0.6 is 0 Å². The SMILES string of the molecule is CCC1OCCC1CNc1ccc(C(C)(C)C)cn1. The molecule has 0 aliphatic carbocycles. The van der Waals surface area contributed by atoms with Crippen molar-refractivity contribution in [2.75, 3.05) is 18.5 Å². The number of pyridine rings is 1. The van der Waals surface area contributed by atoms with Crippen molar-refractivity contribution < 1.29 is 4.74 Å². The van der Waals surface area contributed by atoms with E-state index in [1.54, 1.807) is 0 Å². The Morgan fingerprint density at radius 1 is 1.37 bits per heavy atom. The Balaban J connectivity index is 1.90. The van der Waals surface area contributed by atoms with Crippen molar-refractivity contribution in [1.29, 1.82) is 0 Å². The van der Waals surface area contributed by atoms with Crippen LogP contribution in [0.2, 0.25) is 0 Å². The highest BCUT2D eigenvalue weighted by Gasteiger charge is 2.26. The molecule has 3 heteroatoms. The third-order valence-corrected chi connectivity index (χ3v) is 3.92. The number of ether oxygens (including phenoxy) is 1. The molecule has 0 bridgehead atoms. The minimum absolute atomic E-state index is 0.165. The van der Waals surface area contributed by atoms with Crippen LogP contribution in [-0.4, -0.2) is 24.2 Å². The summed E-state index contributed by atoms with van der Waals surface area (Å²) in [4.78, 5) is 4.51. The molecule has 1 aromatic rings. The molecule has 1 aliphatic heterocycles. The number of hydrogen-bond acceptors (Lipinski definition) is 3. The van der Waals surface area contributed by atoms with Gasteiger partial charge < -0.3 is 10.1 Å². The van der Waals surface area contributed by atoms with Crippen molar-refractivity contribution in [2.45, 2.75) is 52.1 Å². The lowest BCUT2D eigenvalue weighted by Gasteiger charge is -2.20. The van der Waals surface area contributed by atoms with Crippen molar-refractivity contribution in [1.82, 2.24) is 4.98 Å². The van der Waals surface area contributed by atoms with E-state index >= 15 is 0 Å². The molecule has 1 aliphatic rings. The average molecular weight is 262 g/mol. The molecule has 3 nitrogen and oxygen atoms in total. The van der Waals surface area contributed by atoms with E-state index in [1.807, 2.05) is 6.20 Å². The van der Waals surface area contributed by atoms with E-state index in [2.05, 4.69) is 50.1 Å². The van der Waals surface area contributed by atoms with Gasteiger partial charge in [-0.2, -0.15) is 0 Å². The standard InChI is InChI=1S/C16H26N2O/c1-5-14-12(8-9-19-14)10-17-15-7-6-13(11-18-15)16(2,3)4/h6-7,11-12,14H,5,8-10H2,1-4H3,(H,17,18). The van der Waals surface area contributed by atoms with Gasteiger partial charge in [-0.05, 0) is 29.9 Å². The Morgan fingerprint density at radius 3 is 2.74 bits per heavy atom. The lowest BCUT2D eigenvalue weighted by molar-refractivity contribution is 0.0900. The first-order valence-electron chi connectivity index (χ1n) is 7.32. The largest absolute Gasteiger partial charge is 0.378 e. The van der Waals surface area contributed by atoms with Gasteiger partial charge in [0.1, 0.15) is 5.82 Å². The second-order valence-electron chi connectivity index (χ2n) is 6.43. The maximum atomic E-state index is 5.71. The van der Waals surface area contributed by atoms with Gasteiger partial charge in [0.05, 0.1) is 6.10 Å². The summed E-state index contributed by atoms with van der Waals surface area (Å²) in [5.41, 5.74) is 1.44. The molecular formula is C16H26N2O. The second kappa shape index (κ2) is 5.91. The Bertz CT molecular complexity index is 394. The highest BCUT2D eigenvalue weighted by atomic mass is 16.5. The first-order valence-corrected chi connectivity index (χ1v) is 7.32. The summed E-state index contributed by atoms with van der Waals surface area (Å²) in [6, 6.07) is 4.25. The summed E-state index contributed by atoms with van der Waals surface area (Å²) >= 11 is 0. The number of rotatable bonds is 4. The third kappa shape index (κ3) is 3.69. The first kappa shape index (κ1) is 14.3. The molecule has 0 aromatic carbocycles. The van der Waals surface area contributed by atoms with Crippen LogP contribution in [0.3, 0.4) is 0 Å². The minimum Gasteiger partial charge on any atom is -0.378 e. The van der Waals surface area contributed by atoms with Gasteiger partial charge in [0.15, 0.2) is 0 Å². The summed E-state index contributed by atoms with van der Waals surface area (Å²) in [7, 11) is 0. The van der Waals surface area contributed by atoms with Crippen LogP contribution in [0, 0.1) is 5.92 Å². The number of nitrogens with zero attached hydrogens (tertiary/aromatic N) is 1. The smallest absolute Gasteiger partial charge is 0.125 e. The normalized spacial score (nSPS) is 23.6. The van der Waals surface area contributed by atoms with Crippen LogP contribution in [-0.2, 0) is 10.2 Å². The van der Waals surface area contributed by atoms with Crippen LogP contribution in [0.1, 0.15) is 46.1 Å². The molecule has 106 valence electrons. The topological polar surface area (TPSA) is 34.1 Å². The maximum absolute atomic E-state index is 5.71. The molecule has 0 radical (unpaired) electrons. The van der Waals surface area contributed by atoms with Gasteiger partial charge in [0, 0.05) is 25.3 Å².